The Morgan fingerprint density at radius 1 is 1.16 bits per heavy atom. The van der Waals surface area contributed by atoms with Crippen LogP contribution in [0.3, 0.4) is 0 Å². The van der Waals surface area contributed by atoms with Crippen LogP contribution in [0.15, 0.2) is 48.0 Å². The standard InChI is InChI=1S/C21H20N2OS/c1-12-10-17(24)19(15-6-4-14(5-7-15)13(2)22-3)20-16-8-9-25-18(16)11-23-21(12)20/h4-11,13,22,24H,1-3H3/t13-/m1/s1. The van der Waals surface area contributed by atoms with E-state index in [4.69, 9.17) is 0 Å². The van der Waals surface area contributed by atoms with Gasteiger partial charge < -0.3 is 10.4 Å². The summed E-state index contributed by atoms with van der Waals surface area (Å²) < 4.78 is 1.14. The zero-order valence-corrected chi connectivity index (χ0v) is 15.3. The van der Waals surface area contributed by atoms with Crippen LogP contribution in [0, 0.1) is 6.92 Å². The monoisotopic (exact) mass is 348 g/mol. The zero-order chi connectivity index (χ0) is 17.6. The van der Waals surface area contributed by atoms with Crippen molar-refractivity contribution in [2.24, 2.45) is 0 Å². The first-order valence-electron chi connectivity index (χ1n) is 8.36. The number of pyridine rings is 1. The molecular formula is C21H20N2OS. The molecule has 3 nitrogen and oxygen atoms in total. The van der Waals surface area contributed by atoms with Crippen LogP contribution in [-0.2, 0) is 0 Å². The number of hydrogen-bond acceptors (Lipinski definition) is 4. The molecule has 126 valence electrons. The van der Waals surface area contributed by atoms with E-state index >= 15 is 0 Å². The molecule has 0 unspecified atom stereocenters. The summed E-state index contributed by atoms with van der Waals surface area (Å²) in [6, 6.07) is 12.6. The molecule has 1 atom stereocenters. The maximum absolute atomic E-state index is 10.7. The van der Waals surface area contributed by atoms with Gasteiger partial charge in [0.1, 0.15) is 5.75 Å². The van der Waals surface area contributed by atoms with E-state index in [0.29, 0.717) is 11.8 Å². The molecule has 25 heavy (non-hydrogen) atoms. The number of phenolic OH excluding ortho intramolecular Hbond substituents is 1. The summed E-state index contributed by atoms with van der Waals surface area (Å²) in [5.41, 5.74) is 5.04. The summed E-state index contributed by atoms with van der Waals surface area (Å²) in [6.45, 7) is 4.13. The van der Waals surface area contributed by atoms with Gasteiger partial charge in [0.2, 0.25) is 0 Å². The van der Waals surface area contributed by atoms with Gasteiger partial charge in [0.15, 0.2) is 0 Å². The minimum absolute atomic E-state index is 0.294. The summed E-state index contributed by atoms with van der Waals surface area (Å²) in [5, 5.41) is 18.2. The lowest BCUT2D eigenvalue weighted by molar-refractivity contribution is 0.477. The van der Waals surface area contributed by atoms with Crippen molar-refractivity contribution < 1.29 is 5.11 Å². The average Bonchev–Trinajstić information content (AvgIpc) is 3.10. The molecule has 0 bridgehead atoms. The van der Waals surface area contributed by atoms with Crippen LogP contribution in [0.25, 0.3) is 32.1 Å². The zero-order valence-electron chi connectivity index (χ0n) is 14.5. The number of nitrogens with one attached hydrogen (secondary N) is 1. The van der Waals surface area contributed by atoms with Crippen molar-refractivity contribution in [2.75, 3.05) is 7.05 Å². The third kappa shape index (κ3) is 2.58. The SMILES string of the molecule is CN[C@H](C)c1ccc(-c2c(O)cc(C)c3ncc4sccc4c23)cc1. The number of benzene rings is 2. The third-order valence-electron chi connectivity index (χ3n) is 4.88. The van der Waals surface area contributed by atoms with Crippen LogP contribution in [0.1, 0.15) is 24.1 Å². The maximum atomic E-state index is 10.7. The molecule has 0 spiro atoms. The van der Waals surface area contributed by atoms with Crippen LogP contribution < -0.4 is 5.32 Å². The van der Waals surface area contributed by atoms with Gasteiger partial charge in [0.25, 0.3) is 0 Å². The first kappa shape index (κ1) is 16.1. The molecule has 2 N–H and O–H groups in total. The Bertz CT molecular complexity index is 1070. The predicted molar refractivity (Wildman–Crippen MR) is 106 cm³/mol. The fourth-order valence-corrected chi connectivity index (χ4v) is 4.13. The third-order valence-corrected chi connectivity index (χ3v) is 5.73. The number of nitrogens with zero attached hydrogens (tertiary/aromatic N) is 1. The van der Waals surface area contributed by atoms with Crippen LogP contribution in [-0.4, -0.2) is 17.1 Å². The smallest absolute Gasteiger partial charge is 0.124 e. The Kier molecular flexibility index (Phi) is 3.94. The Balaban J connectivity index is 2.02. The Labute approximate surface area is 151 Å². The van der Waals surface area contributed by atoms with E-state index < -0.39 is 0 Å². The van der Waals surface area contributed by atoms with Gasteiger partial charge in [-0.15, -0.1) is 11.3 Å². The molecule has 0 aliphatic carbocycles. The highest BCUT2D eigenvalue weighted by molar-refractivity contribution is 7.17. The number of aromatic nitrogens is 1. The normalized spacial score (nSPS) is 12.8. The summed E-state index contributed by atoms with van der Waals surface area (Å²) in [4.78, 5) is 4.66. The number of fused-ring (bicyclic) bond motifs is 3. The first-order chi connectivity index (χ1) is 12.1. The first-order valence-corrected chi connectivity index (χ1v) is 9.24. The minimum atomic E-state index is 0.294. The number of phenols is 1. The van der Waals surface area contributed by atoms with Crippen molar-refractivity contribution in [1.82, 2.24) is 10.3 Å². The fourth-order valence-electron chi connectivity index (χ4n) is 3.37. The molecule has 2 aromatic carbocycles. The molecule has 4 rings (SSSR count). The largest absolute Gasteiger partial charge is 0.507 e. The number of thiophene rings is 1. The van der Waals surface area contributed by atoms with Gasteiger partial charge >= 0.3 is 0 Å². The molecule has 0 amide bonds. The second-order valence-corrected chi connectivity index (χ2v) is 7.35. The Morgan fingerprint density at radius 2 is 1.92 bits per heavy atom. The molecule has 0 saturated carbocycles. The minimum Gasteiger partial charge on any atom is -0.507 e. The number of rotatable bonds is 3. The van der Waals surface area contributed by atoms with E-state index in [9.17, 15) is 5.11 Å². The molecule has 0 radical (unpaired) electrons. The number of hydrogen-bond donors (Lipinski definition) is 2. The van der Waals surface area contributed by atoms with Gasteiger partial charge in [-0.3, -0.25) is 4.98 Å². The summed E-state index contributed by atoms with van der Waals surface area (Å²) in [5.74, 6) is 0.305. The van der Waals surface area contributed by atoms with E-state index in [1.807, 2.05) is 26.2 Å². The lowest BCUT2D eigenvalue weighted by atomic mass is 9.94. The van der Waals surface area contributed by atoms with Crippen molar-refractivity contribution in [3.8, 4) is 16.9 Å². The average molecular weight is 348 g/mol. The van der Waals surface area contributed by atoms with Crippen molar-refractivity contribution >= 4 is 32.3 Å². The van der Waals surface area contributed by atoms with Gasteiger partial charge in [-0.05, 0) is 55.1 Å². The van der Waals surface area contributed by atoms with Crippen molar-refractivity contribution in [2.45, 2.75) is 19.9 Å². The topological polar surface area (TPSA) is 45.1 Å². The lowest BCUT2D eigenvalue weighted by Gasteiger charge is -2.14. The summed E-state index contributed by atoms with van der Waals surface area (Å²) in [6.07, 6.45) is 1.92. The second kappa shape index (κ2) is 6.14. The highest BCUT2D eigenvalue weighted by Gasteiger charge is 2.16. The summed E-state index contributed by atoms with van der Waals surface area (Å²) in [7, 11) is 1.96. The molecule has 0 fully saturated rings. The second-order valence-electron chi connectivity index (χ2n) is 6.40. The maximum Gasteiger partial charge on any atom is 0.124 e. The van der Waals surface area contributed by atoms with Crippen LogP contribution >= 0.6 is 11.3 Å². The molecule has 0 saturated heterocycles. The number of aromatic hydroxyl groups is 1. The Hall–Kier alpha value is -2.43. The molecular weight excluding hydrogens is 328 g/mol. The molecule has 4 heteroatoms. The quantitative estimate of drug-likeness (QED) is 0.520. The van der Waals surface area contributed by atoms with E-state index in [-0.39, 0.29) is 0 Å². The van der Waals surface area contributed by atoms with E-state index in [1.165, 1.54) is 5.56 Å². The summed E-state index contributed by atoms with van der Waals surface area (Å²) >= 11 is 1.67. The van der Waals surface area contributed by atoms with Gasteiger partial charge in [0, 0.05) is 28.6 Å². The van der Waals surface area contributed by atoms with Gasteiger partial charge in [-0.1, -0.05) is 24.3 Å². The van der Waals surface area contributed by atoms with E-state index in [0.717, 1.165) is 37.7 Å². The van der Waals surface area contributed by atoms with E-state index in [2.05, 4.69) is 52.9 Å². The van der Waals surface area contributed by atoms with Crippen LogP contribution in [0.4, 0.5) is 0 Å². The van der Waals surface area contributed by atoms with Gasteiger partial charge in [-0.25, -0.2) is 0 Å². The molecule has 2 heterocycles. The van der Waals surface area contributed by atoms with Gasteiger partial charge in [0.05, 0.1) is 10.2 Å². The van der Waals surface area contributed by atoms with Crippen LogP contribution in [0.5, 0.6) is 5.75 Å². The van der Waals surface area contributed by atoms with Gasteiger partial charge in [-0.2, -0.15) is 0 Å². The van der Waals surface area contributed by atoms with Crippen molar-refractivity contribution in [3.05, 3.63) is 59.1 Å². The molecule has 4 aromatic rings. The lowest BCUT2D eigenvalue weighted by Crippen LogP contribution is -2.11. The predicted octanol–water partition coefficient (Wildman–Crippen LogP) is 5.41. The van der Waals surface area contributed by atoms with Crippen molar-refractivity contribution in [1.29, 1.82) is 0 Å². The number of aryl methyl sites for hydroxylation is 1. The molecule has 2 aromatic heterocycles. The fraction of sp³-hybridized carbons (Fsp3) is 0.190. The Morgan fingerprint density at radius 3 is 2.64 bits per heavy atom. The van der Waals surface area contributed by atoms with E-state index in [1.54, 1.807) is 11.3 Å². The molecule has 0 aliphatic rings. The molecule has 0 aliphatic heterocycles. The van der Waals surface area contributed by atoms with Crippen LogP contribution in [0.2, 0.25) is 0 Å². The van der Waals surface area contributed by atoms with Crippen molar-refractivity contribution in [3.63, 3.8) is 0 Å². The highest BCUT2D eigenvalue weighted by atomic mass is 32.1. The highest BCUT2D eigenvalue weighted by Crippen LogP contribution is 2.42.